The van der Waals surface area contributed by atoms with Gasteiger partial charge in [0.25, 0.3) is 0 Å². The summed E-state index contributed by atoms with van der Waals surface area (Å²) in [7, 11) is 0. The molecule has 1 atom stereocenters. The summed E-state index contributed by atoms with van der Waals surface area (Å²) in [5, 5.41) is 2.37. The molecule has 1 N–H and O–H groups in total. The fourth-order valence-corrected chi connectivity index (χ4v) is 2.15. The number of halogens is 1. The summed E-state index contributed by atoms with van der Waals surface area (Å²) in [5.74, 6) is -1.32. The van der Waals surface area contributed by atoms with Crippen molar-refractivity contribution in [3.8, 4) is 0 Å². The summed E-state index contributed by atoms with van der Waals surface area (Å²) in [5.41, 5.74) is 0.816. The van der Waals surface area contributed by atoms with Crippen molar-refractivity contribution in [1.29, 1.82) is 0 Å². The van der Waals surface area contributed by atoms with E-state index in [0.29, 0.717) is 0 Å². The Morgan fingerprint density at radius 3 is 2.95 bits per heavy atom. The Balaban J connectivity index is 1.81. The number of ether oxygens (including phenoxy) is 2. The third-order valence-corrected chi connectivity index (χ3v) is 3.18. The molecule has 1 aliphatic rings. The van der Waals surface area contributed by atoms with Crippen LogP contribution in [0.5, 0.6) is 0 Å². The molecule has 1 fully saturated rings. The second kappa shape index (κ2) is 6.51. The van der Waals surface area contributed by atoms with E-state index in [1.54, 1.807) is 0 Å². The molecule has 1 aromatic rings. The van der Waals surface area contributed by atoms with Gasteiger partial charge in [-0.25, -0.2) is 9.59 Å². The number of esters is 2. The summed E-state index contributed by atoms with van der Waals surface area (Å²) in [4.78, 5) is 33.8. The third-order valence-electron chi connectivity index (χ3n) is 2.69. The van der Waals surface area contributed by atoms with Gasteiger partial charge >= 0.3 is 18.0 Å². The van der Waals surface area contributed by atoms with Crippen LogP contribution >= 0.6 is 15.9 Å². The van der Waals surface area contributed by atoms with E-state index in [4.69, 9.17) is 4.74 Å². The van der Waals surface area contributed by atoms with E-state index < -0.39 is 24.1 Å². The summed E-state index contributed by atoms with van der Waals surface area (Å²) in [6, 6.07) is 6.48. The Labute approximate surface area is 123 Å². The van der Waals surface area contributed by atoms with E-state index >= 15 is 0 Å². The maximum absolute atomic E-state index is 11.6. The van der Waals surface area contributed by atoms with E-state index in [1.165, 1.54) is 0 Å². The number of benzene rings is 1. The van der Waals surface area contributed by atoms with Crippen LogP contribution in [0.25, 0.3) is 0 Å². The van der Waals surface area contributed by atoms with Gasteiger partial charge in [-0.1, -0.05) is 28.1 Å². The standard InChI is InChI=1S/C13H12BrNO5/c14-9-3-1-2-8(6-9)7-19-13(18)15-10-4-5-11(16)20-12(10)17/h1-3,6,10H,4-5,7H2,(H,15,18)/t10-/m0/s1. The lowest BCUT2D eigenvalue weighted by Gasteiger charge is -2.20. The van der Waals surface area contributed by atoms with Gasteiger partial charge in [0.1, 0.15) is 12.6 Å². The van der Waals surface area contributed by atoms with E-state index in [1.807, 2.05) is 24.3 Å². The summed E-state index contributed by atoms with van der Waals surface area (Å²) in [6.45, 7) is 0.0893. The van der Waals surface area contributed by atoms with Gasteiger partial charge < -0.3 is 14.8 Å². The number of hydrogen-bond acceptors (Lipinski definition) is 5. The lowest BCUT2D eigenvalue weighted by Crippen LogP contribution is -2.45. The molecule has 1 aliphatic heterocycles. The molecule has 2 rings (SSSR count). The minimum absolute atomic E-state index is 0.0893. The number of amides is 1. The minimum Gasteiger partial charge on any atom is -0.445 e. The first-order valence-corrected chi connectivity index (χ1v) is 6.76. The van der Waals surface area contributed by atoms with Crippen LogP contribution in [0, 0.1) is 0 Å². The zero-order valence-corrected chi connectivity index (χ0v) is 12.0. The number of rotatable bonds is 3. The largest absolute Gasteiger partial charge is 0.445 e. The molecule has 106 valence electrons. The minimum atomic E-state index is -0.831. The second-order valence-corrected chi connectivity index (χ2v) is 5.15. The highest BCUT2D eigenvalue weighted by atomic mass is 79.9. The molecule has 0 aliphatic carbocycles. The second-order valence-electron chi connectivity index (χ2n) is 4.23. The third kappa shape index (κ3) is 4.06. The number of carbonyl (C=O) groups excluding carboxylic acids is 3. The number of nitrogens with one attached hydrogen (secondary N) is 1. The van der Waals surface area contributed by atoms with Crippen LogP contribution in [0.4, 0.5) is 4.79 Å². The van der Waals surface area contributed by atoms with Crippen molar-refractivity contribution in [1.82, 2.24) is 5.32 Å². The first-order valence-electron chi connectivity index (χ1n) is 5.97. The van der Waals surface area contributed by atoms with Crippen LogP contribution in [0.1, 0.15) is 18.4 Å². The van der Waals surface area contributed by atoms with Gasteiger partial charge in [-0.15, -0.1) is 0 Å². The number of cyclic esters (lactones) is 2. The summed E-state index contributed by atoms with van der Waals surface area (Å²) in [6.07, 6.45) is -0.396. The normalized spacial score (nSPS) is 18.4. The quantitative estimate of drug-likeness (QED) is 0.670. The monoisotopic (exact) mass is 341 g/mol. The average molecular weight is 342 g/mol. The predicted octanol–water partition coefficient (Wildman–Crippen LogP) is 1.91. The Kier molecular flexibility index (Phi) is 4.73. The van der Waals surface area contributed by atoms with Gasteiger partial charge in [0, 0.05) is 10.9 Å². The fourth-order valence-electron chi connectivity index (χ4n) is 1.71. The van der Waals surface area contributed by atoms with Crippen molar-refractivity contribution < 1.29 is 23.9 Å². The number of carbonyl (C=O) groups is 3. The van der Waals surface area contributed by atoms with Crippen molar-refractivity contribution in [2.75, 3.05) is 0 Å². The zero-order chi connectivity index (χ0) is 14.5. The molecule has 1 saturated heterocycles. The Hall–Kier alpha value is -1.89. The maximum atomic E-state index is 11.6. The van der Waals surface area contributed by atoms with Gasteiger partial charge in [-0.05, 0) is 24.1 Å². The molecule has 1 heterocycles. The molecule has 20 heavy (non-hydrogen) atoms. The molecule has 0 aromatic heterocycles. The van der Waals surface area contributed by atoms with Gasteiger partial charge in [0.15, 0.2) is 0 Å². The molecular formula is C13H12BrNO5. The highest BCUT2D eigenvalue weighted by Crippen LogP contribution is 2.13. The average Bonchev–Trinajstić information content (AvgIpc) is 2.40. The molecule has 0 spiro atoms. The number of alkyl carbamates (subject to hydrolysis) is 1. The lowest BCUT2D eigenvalue weighted by molar-refractivity contribution is -0.165. The van der Waals surface area contributed by atoms with Crippen molar-refractivity contribution in [3.05, 3.63) is 34.3 Å². The SMILES string of the molecule is O=C1CC[C@H](NC(=O)OCc2cccc(Br)c2)C(=O)O1. The molecule has 7 heteroatoms. The van der Waals surface area contributed by atoms with Crippen molar-refractivity contribution in [2.45, 2.75) is 25.5 Å². The molecule has 6 nitrogen and oxygen atoms in total. The van der Waals surface area contributed by atoms with Crippen LogP contribution in [0.2, 0.25) is 0 Å². The molecule has 0 saturated carbocycles. The van der Waals surface area contributed by atoms with E-state index in [9.17, 15) is 14.4 Å². The Morgan fingerprint density at radius 1 is 1.45 bits per heavy atom. The summed E-state index contributed by atoms with van der Waals surface area (Å²) < 4.78 is 10.3. The Morgan fingerprint density at radius 2 is 2.25 bits per heavy atom. The van der Waals surface area contributed by atoms with Gasteiger partial charge in [-0.2, -0.15) is 0 Å². The first kappa shape index (κ1) is 14.5. The molecule has 0 radical (unpaired) electrons. The molecule has 0 unspecified atom stereocenters. The van der Waals surface area contributed by atoms with Crippen LogP contribution in [0.3, 0.4) is 0 Å². The molecular weight excluding hydrogens is 330 g/mol. The van der Waals surface area contributed by atoms with E-state index in [2.05, 4.69) is 26.0 Å². The molecule has 1 amide bonds. The fraction of sp³-hybridized carbons (Fsp3) is 0.308. The zero-order valence-electron chi connectivity index (χ0n) is 10.4. The van der Waals surface area contributed by atoms with Crippen LogP contribution < -0.4 is 5.32 Å². The lowest BCUT2D eigenvalue weighted by atomic mass is 10.1. The highest BCUT2D eigenvalue weighted by Gasteiger charge is 2.30. The Bertz CT molecular complexity index is 545. The first-order chi connectivity index (χ1) is 9.54. The molecule has 1 aromatic carbocycles. The topological polar surface area (TPSA) is 81.7 Å². The van der Waals surface area contributed by atoms with Crippen molar-refractivity contribution >= 4 is 34.0 Å². The van der Waals surface area contributed by atoms with Crippen LogP contribution in [-0.4, -0.2) is 24.1 Å². The highest BCUT2D eigenvalue weighted by molar-refractivity contribution is 9.10. The van der Waals surface area contributed by atoms with Gasteiger partial charge in [0.2, 0.25) is 0 Å². The summed E-state index contributed by atoms with van der Waals surface area (Å²) >= 11 is 3.31. The van der Waals surface area contributed by atoms with Gasteiger partial charge in [-0.3, -0.25) is 4.79 Å². The van der Waals surface area contributed by atoms with Crippen molar-refractivity contribution in [3.63, 3.8) is 0 Å². The van der Waals surface area contributed by atoms with E-state index in [0.717, 1.165) is 10.0 Å². The van der Waals surface area contributed by atoms with Crippen molar-refractivity contribution in [2.24, 2.45) is 0 Å². The van der Waals surface area contributed by atoms with Crippen LogP contribution in [-0.2, 0) is 25.7 Å². The number of hydrogen-bond donors (Lipinski definition) is 1. The van der Waals surface area contributed by atoms with Crippen LogP contribution in [0.15, 0.2) is 28.7 Å². The predicted molar refractivity (Wildman–Crippen MR) is 71.6 cm³/mol. The van der Waals surface area contributed by atoms with E-state index in [-0.39, 0.29) is 19.4 Å². The van der Waals surface area contributed by atoms with Gasteiger partial charge in [0.05, 0.1) is 0 Å². The maximum Gasteiger partial charge on any atom is 0.408 e. The smallest absolute Gasteiger partial charge is 0.408 e. The molecule has 0 bridgehead atoms.